The Morgan fingerprint density at radius 2 is 1.88 bits per heavy atom. The fourth-order valence-electron chi connectivity index (χ4n) is 4.99. The van der Waals surface area contributed by atoms with E-state index >= 15 is 0 Å². The van der Waals surface area contributed by atoms with Crippen LogP contribution >= 0.6 is 24.0 Å². The van der Waals surface area contributed by atoms with E-state index in [0.717, 1.165) is 55.9 Å². The van der Waals surface area contributed by atoms with E-state index in [-0.39, 0.29) is 30.0 Å². The van der Waals surface area contributed by atoms with Gasteiger partial charge in [-0.1, -0.05) is 30.3 Å². The molecule has 1 aromatic heterocycles. The highest BCUT2D eigenvalue weighted by Crippen LogP contribution is 2.23. The quantitative estimate of drug-likeness (QED) is 0.220. The third kappa shape index (κ3) is 7.67. The van der Waals surface area contributed by atoms with Crippen LogP contribution in [0.15, 0.2) is 35.3 Å². The maximum Gasteiger partial charge on any atom is 0.191 e. The molecular weight excluding hydrogens is 525 g/mol. The molecule has 2 aromatic rings. The monoisotopic (exact) mass is 565 g/mol. The second kappa shape index (κ2) is 13.3. The summed E-state index contributed by atoms with van der Waals surface area (Å²) in [5, 5.41) is 11.5. The van der Waals surface area contributed by atoms with Crippen molar-refractivity contribution in [3.63, 3.8) is 0 Å². The SMILES string of the molecule is CN=C(NCCCCN1CCC(Cc2ccccc2)CC1)NC1CCCn2nc(C)nc21.I. The van der Waals surface area contributed by atoms with Crippen LogP contribution in [0.5, 0.6) is 0 Å². The molecule has 182 valence electrons. The van der Waals surface area contributed by atoms with Crippen LogP contribution in [0.25, 0.3) is 0 Å². The van der Waals surface area contributed by atoms with E-state index in [2.05, 4.69) is 60.9 Å². The van der Waals surface area contributed by atoms with Crippen molar-refractivity contribution in [2.45, 2.75) is 64.5 Å². The van der Waals surface area contributed by atoms with Crippen molar-refractivity contribution in [1.29, 1.82) is 0 Å². The van der Waals surface area contributed by atoms with E-state index in [9.17, 15) is 0 Å². The number of halogens is 1. The molecule has 0 bridgehead atoms. The van der Waals surface area contributed by atoms with E-state index in [4.69, 9.17) is 0 Å². The summed E-state index contributed by atoms with van der Waals surface area (Å²) >= 11 is 0. The van der Waals surface area contributed by atoms with Gasteiger partial charge in [-0.15, -0.1) is 24.0 Å². The first-order chi connectivity index (χ1) is 15.7. The number of piperidine rings is 1. The first kappa shape index (κ1) is 25.9. The predicted octanol–water partition coefficient (Wildman–Crippen LogP) is 3.94. The number of fused-ring (bicyclic) bond motifs is 1. The van der Waals surface area contributed by atoms with Crippen LogP contribution in [-0.4, -0.2) is 58.9 Å². The second-order valence-electron chi connectivity index (χ2n) is 9.26. The number of aliphatic imine (C=N–C) groups is 1. The number of benzene rings is 1. The Morgan fingerprint density at radius 3 is 2.64 bits per heavy atom. The molecule has 3 heterocycles. The van der Waals surface area contributed by atoms with E-state index in [1.807, 2.05) is 18.7 Å². The Labute approximate surface area is 215 Å². The maximum absolute atomic E-state index is 4.61. The van der Waals surface area contributed by atoms with Crippen molar-refractivity contribution >= 4 is 29.9 Å². The number of rotatable bonds is 8. The van der Waals surface area contributed by atoms with Crippen LogP contribution in [0, 0.1) is 12.8 Å². The van der Waals surface area contributed by atoms with Crippen molar-refractivity contribution in [3.05, 3.63) is 47.5 Å². The zero-order valence-corrected chi connectivity index (χ0v) is 22.5. The van der Waals surface area contributed by atoms with Gasteiger partial charge in [-0.3, -0.25) is 4.99 Å². The summed E-state index contributed by atoms with van der Waals surface area (Å²) in [7, 11) is 1.84. The standard InChI is InChI=1S/C25H39N7.HI/c1-20-28-24-23(11-8-16-32(24)30-20)29-25(26-2)27-14-6-7-15-31-17-12-22(13-18-31)19-21-9-4-3-5-10-21;/h3-5,9-10,22-23H,6-8,11-19H2,1-2H3,(H2,26,27,29);1H. The Hall–Kier alpha value is -1.68. The summed E-state index contributed by atoms with van der Waals surface area (Å²) in [4.78, 5) is 11.7. The molecule has 1 saturated heterocycles. The first-order valence-corrected chi connectivity index (χ1v) is 12.4. The third-order valence-corrected chi connectivity index (χ3v) is 6.78. The molecule has 0 aliphatic carbocycles. The van der Waals surface area contributed by atoms with Gasteiger partial charge in [-0.25, -0.2) is 9.67 Å². The van der Waals surface area contributed by atoms with Gasteiger partial charge in [0.25, 0.3) is 0 Å². The fraction of sp³-hybridized carbons (Fsp3) is 0.640. The molecule has 0 radical (unpaired) electrons. The number of nitrogens with one attached hydrogen (secondary N) is 2. The number of unbranched alkanes of at least 4 members (excludes halogenated alkanes) is 1. The van der Waals surface area contributed by atoms with Crippen LogP contribution in [0.3, 0.4) is 0 Å². The smallest absolute Gasteiger partial charge is 0.191 e. The van der Waals surface area contributed by atoms with Gasteiger partial charge in [-0.2, -0.15) is 5.10 Å². The average molecular weight is 566 g/mol. The molecule has 8 heteroatoms. The van der Waals surface area contributed by atoms with Gasteiger partial charge in [0.15, 0.2) is 5.96 Å². The number of aryl methyl sites for hydroxylation is 2. The van der Waals surface area contributed by atoms with Gasteiger partial charge in [0.2, 0.25) is 0 Å². The van der Waals surface area contributed by atoms with Gasteiger partial charge < -0.3 is 15.5 Å². The number of aromatic nitrogens is 3. The molecule has 1 fully saturated rings. The number of guanidine groups is 1. The number of nitrogens with zero attached hydrogens (tertiary/aromatic N) is 5. The molecule has 33 heavy (non-hydrogen) atoms. The topological polar surface area (TPSA) is 70.4 Å². The lowest BCUT2D eigenvalue weighted by Crippen LogP contribution is -2.42. The molecule has 0 amide bonds. The van der Waals surface area contributed by atoms with Crippen LogP contribution in [0.2, 0.25) is 0 Å². The lowest BCUT2D eigenvalue weighted by Gasteiger charge is -2.32. The highest BCUT2D eigenvalue weighted by atomic mass is 127. The van der Waals surface area contributed by atoms with Crippen molar-refractivity contribution in [2.75, 3.05) is 33.2 Å². The Balaban J connectivity index is 0.00000306. The van der Waals surface area contributed by atoms with Crippen molar-refractivity contribution < 1.29 is 0 Å². The summed E-state index contributed by atoms with van der Waals surface area (Å²) in [6.45, 7) is 7.57. The minimum Gasteiger partial charge on any atom is -0.356 e. The van der Waals surface area contributed by atoms with E-state index in [1.54, 1.807) is 0 Å². The molecule has 1 aromatic carbocycles. The normalized spacial score (nSPS) is 19.6. The molecule has 2 N–H and O–H groups in total. The molecule has 2 aliphatic rings. The Morgan fingerprint density at radius 1 is 1.09 bits per heavy atom. The minimum absolute atomic E-state index is 0. The van der Waals surface area contributed by atoms with Crippen molar-refractivity contribution in [2.24, 2.45) is 10.9 Å². The number of hydrogen-bond acceptors (Lipinski definition) is 4. The summed E-state index contributed by atoms with van der Waals surface area (Å²) in [5.74, 6) is 3.60. The van der Waals surface area contributed by atoms with E-state index in [0.29, 0.717) is 0 Å². The molecule has 4 rings (SSSR count). The highest BCUT2D eigenvalue weighted by Gasteiger charge is 2.24. The van der Waals surface area contributed by atoms with Crippen molar-refractivity contribution in [3.8, 4) is 0 Å². The molecule has 1 unspecified atom stereocenters. The summed E-state index contributed by atoms with van der Waals surface area (Å²) in [6.07, 6.45) is 8.46. The molecule has 7 nitrogen and oxygen atoms in total. The summed E-state index contributed by atoms with van der Waals surface area (Å²) in [6, 6.07) is 11.1. The lowest BCUT2D eigenvalue weighted by atomic mass is 9.90. The van der Waals surface area contributed by atoms with Crippen LogP contribution < -0.4 is 10.6 Å². The zero-order chi connectivity index (χ0) is 22.2. The molecule has 0 saturated carbocycles. The largest absolute Gasteiger partial charge is 0.356 e. The Bertz CT molecular complexity index is 859. The Kier molecular flexibility index (Phi) is 10.4. The minimum atomic E-state index is 0. The number of likely N-dealkylation sites (tertiary alicyclic amines) is 1. The first-order valence-electron chi connectivity index (χ1n) is 12.4. The van der Waals surface area contributed by atoms with E-state index in [1.165, 1.54) is 50.9 Å². The zero-order valence-electron chi connectivity index (χ0n) is 20.2. The van der Waals surface area contributed by atoms with Gasteiger partial charge in [-0.05, 0) is 83.0 Å². The highest BCUT2D eigenvalue weighted by molar-refractivity contribution is 14.0. The predicted molar refractivity (Wildman–Crippen MR) is 145 cm³/mol. The second-order valence-corrected chi connectivity index (χ2v) is 9.26. The van der Waals surface area contributed by atoms with Gasteiger partial charge in [0, 0.05) is 20.1 Å². The summed E-state index contributed by atoms with van der Waals surface area (Å²) < 4.78 is 2.03. The van der Waals surface area contributed by atoms with Crippen LogP contribution in [0.4, 0.5) is 0 Å². The fourth-order valence-corrected chi connectivity index (χ4v) is 4.99. The lowest BCUT2D eigenvalue weighted by molar-refractivity contribution is 0.181. The third-order valence-electron chi connectivity index (χ3n) is 6.78. The molecular formula is C25H40IN7. The van der Waals surface area contributed by atoms with Gasteiger partial charge in [0.05, 0.1) is 6.04 Å². The van der Waals surface area contributed by atoms with Gasteiger partial charge >= 0.3 is 0 Å². The molecule has 0 spiro atoms. The van der Waals surface area contributed by atoms with Gasteiger partial charge in [0.1, 0.15) is 11.6 Å². The van der Waals surface area contributed by atoms with Crippen molar-refractivity contribution in [1.82, 2.24) is 30.3 Å². The molecule has 2 aliphatic heterocycles. The summed E-state index contributed by atoms with van der Waals surface area (Å²) in [5.41, 5.74) is 1.49. The van der Waals surface area contributed by atoms with E-state index < -0.39 is 0 Å². The maximum atomic E-state index is 4.61. The number of hydrogen-bond donors (Lipinski definition) is 2. The average Bonchev–Trinajstić information content (AvgIpc) is 3.21. The van der Waals surface area contributed by atoms with Crippen LogP contribution in [-0.2, 0) is 13.0 Å². The molecule has 1 atom stereocenters. The van der Waals surface area contributed by atoms with Crippen LogP contribution in [0.1, 0.15) is 61.8 Å².